The molecule has 0 spiro atoms. The van der Waals surface area contributed by atoms with E-state index in [1.54, 1.807) is 18.5 Å². The Bertz CT molecular complexity index is 389. The Hall–Kier alpha value is -1.46. The third-order valence-corrected chi connectivity index (χ3v) is 2.72. The van der Waals surface area contributed by atoms with Crippen molar-refractivity contribution >= 4 is 11.6 Å². The Morgan fingerprint density at radius 2 is 2.59 bits per heavy atom. The first-order valence-electron chi connectivity index (χ1n) is 5.77. The molecule has 0 aliphatic carbocycles. The molecule has 17 heavy (non-hydrogen) atoms. The van der Waals surface area contributed by atoms with Crippen LogP contribution in [0.25, 0.3) is 0 Å². The Morgan fingerprint density at radius 3 is 3.29 bits per heavy atom. The number of pyridine rings is 1. The minimum Gasteiger partial charge on any atom is -0.378 e. The predicted octanol–water partition coefficient (Wildman–Crippen LogP) is 0.707. The van der Waals surface area contributed by atoms with Crippen LogP contribution < -0.4 is 10.6 Å². The van der Waals surface area contributed by atoms with Gasteiger partial charge in [0.2, 0.25) is 5.91 Å². The quantitative estimate of drug-likeness (QED) is 0.810. The normalized spacial score (nSPS) is 19.9. The van der Waals surface area contributed by atoms with Gasteiger partial charge < -0.3 is 15.4 Å². The number of amides is 1. The Balaban J connectivity index is 1.86. The number of carbonyl (C=O) groups is 1. The smallest absolute Gasteiger partial charge is 0.226 e. The number of nitrogens with zero attached hydrogens (tertiary/aromatic N) is 1. The van der Waals surface area contributed by atoms with Crippen LogP contribution in [-0.2, 0) is 9.53 Å². The third kappa shape index (κ3) is 3.51. The van der Waals surface area contributed by atoms with Crippen molar-refractivity contribution in [3.05, 3.63) is 24.0 Å². The molecule has 92 valence electrons. The van der Waals surface area contributed by atoms with Crippen LogP contribution >= 0.6 is 0 Å². The summed E-state index contributed by atoms with van der Waals surface area (Å²) in [7, 11) is 0. The van der Waals surface area contributed by atoms with E-state index < -0.39 is 0 Å². The van der Waals surface area contributed by atoms with Gasteiger partial charge in [-0.25, -0.2) is 0 Å². The fourth-order valence-corrected chi connectivity index (χ4v) is 1.79. The van der Waals surface area contributed by atoms with Crippen LogP contribution in [0.2, 0.25) is 0 Å². The zero-order valence-electron chi connectivity index (χ0n) is 9.90. The number of anilines is 1. The van der Waals surface area contributed by atoms with Gasteiger partial charge >= 0.3 is 0 Å². The predicted molar refractivity (Wildman–Crippen MR) is 64.8 cm³/mol. The third-order valence-electron chi connectivity index (χ3n) is 2.72. The fraction of sp³-hybridized carbons (Fsp3) is 0.500. The molecule has 2 heterocycles. The molecule has 1 aliphatic heterocycles. The maximum absolute atomic E-state index is 11.8. The molecule has 1 aromatic rings. The summed E-state index contributed by atoms with van der Waals surface area (Å²) in [5, 5.41) is 6.14. The molecule has 0 radical (unpaired) electrons. The summed E-state index contributed by atoms with van der Waals surface area (Å²) in [6, 6.07) is 1.92. The molecule has 1 fully saturated rings. The van der Waals surface area contributed by atoms with Crippen molar-refractivity contribution in [2.75, 3.05) is 25.1 Å². The van der Waals surface area contributed by atoms with E-state index in [1.165, 1.54) is 0 Å². The molecule has 2 N–H and O–H groups in total. The van der Waals surface area contributed by atoms with Crippen LogP contribution in [0.15, 0.2) is 18.5 Å². The maximum Gasteiger partial charge on any atom is 0.226 e. The molecule has 1 aromatic heterocycles. The van der Waals surface area contributed by atoms with Crippen LogP contribution in [0.1, 0.15) is 12.0 Å². The Kier molecular flexibility index (Phi) is 4.06. The van der Waals surface area contributed by atoms with E-state index in [9.17, 15) is 4.79 Å². The number of rotatable bonds is 3. The highest BCUT2D eigenvalue weighted by molar-refractivity contribution is 5.91. The summed E-state index contributed by atoms with van der Waals surface area (Å²) in [5.74, 6) is 0.00213. The van der Waals surface area contributed by atoms with Gasteiger partial charge in [0, 0.05) is 37.1 Å². The molecule has 5 heteroatoms. The van der Waals surface area contributed by atoms with Crippen LogP contribution in [0.5, 0.6) is 0 Å². The largest absolute Gasteiger partial charge is 0.378 e. The summed E-state index contributed by atoms with van der Waals surface area (Å²) in [6.07, 6.45) is 3.84. The monoisotopic (exact) mass is 235 g/mol. The lowest BCUT2D eigenvalue weighted by Gasteiger charge is -2.23. The summed E-state index contributed by atoms with van der Waals surface area (Å²) in [5.41, 5.74) is 1.79. The minimum absolute atomic E-state index is 0.00213. The summed E-state index contributed by atoms with van der Waals surface area (Å²) >= 11 is 0. The highest BCUT2D eigenvalue weighted by atomic mass is 16.5. The zero-order chi connectivity index (χ0) is 12.1. The first-order chi connectivity index (χ1) is 8.25. The number of carbonyl (C=O) groups excluding carboxylic acids is 1. The highest BCUT2D eigenvalue weighted by Crippen LogP contribution is 2.12. The lowest BCUT2D eigenvalue weighted by Crippen LogP contribution is -2.43. The van der Waals surface area contributed by atoms with E-state index in [1.807, 2.05) is 6.92 Å². The number of aryl methyl sites for hydroxylation is 1. The van der Waals surface area contributed by atoms with Crippen LogP contribution in [0, 0.1) is 6.92 Å². The molecular formula is C12H17N3O2. The highest BCUT2D eigenvalue weighted by Gasteiger charge is 2.17. The van der Waals surface area contributed by atoms with E-state index in [0.29, 0.717) is 13.0 Å². The first kappa shape index (κ1) is 12.0. The molecule has 0 saturated carbocycles. The van der Waals surface area contributed by atoms with Crippen molar-refractivity contribution in [3.63, 3.8) is 0 Å². The minimum atomic E-state index is 0.00213. The number of hydrogen-bond acceptors (Lipinski definition) is 4. The van der Waals surface area contributed by atoms with E-state index in [0.717, 1.165) is 24.4 Å². The molecule has 5 nitrogen and oxygen atoms in total. The van der Waals surface area contributed by atoms with Gasteiger partial charge in [0.1, 0.15) is 0 Å². The number of hydrogen-bond donors (Lipinski definition) is 2. The molecule has 0 aromatic carbocycles. The van der Waals surface area contributed by atoms with Crippen LogP contribution in [-0.4, -0.2) is 36.7 Å². The molecule has 1 saturated heterocycles. The van der Waals surface area contributed by atoms with Crippen molar-refractivity contribution in [2.24, 2.45) is 0 Å². The standard InChI is InChI=1S/C12H17N3O2/c1-9-7-13-3-2-11(9)15-12(16)6-10-8-17-5-4-14-10/h2-3,7,10,14H,4-6,8H2,1H3,(H,13,15,16). The first-order valence-corrected chi connectivity index (χ1v) is 5.77. The molecular weight excluding hydrogens is 218 g/mol. The van der Waals surface area contributed by atoms with E-state index >= 15 is 0 Å². The van der Waals surface area contributed by atoms with Crippen LogP contribution in [0.3, 0.4) is 0 Å². The van der Waals surface area contributed by atoms with Gasteiger partial charge in [-0.15, -0.1) is 0 Å². The summed E-state index contributed by atoms with van der Waals surface area (Å²) in [6.45, 7) is 4.06. The molecule has 1 aliphatic rings. The van der Waals surface area contributed by atoms with E-state index in [2.05, 4.69) is 15.6 Å². The number of ether oxygens (including phenoxy) is 1. The van der Waals surface area contributed by atoms with Crippen molar-refractivity contribution in [1.29, 1.82) is 0 Å². The van der Waals surface area contributed by atoms with Crippen molar-refractivity contribution in [1.82, 2.24) is 10.3 Å². The van der Waals surface area contributed by atoms with Gasteiger partial charge in [-0.2, -0.15) is 0 Å². The number of aromatic nitrogens is 1. The average molecular weight is 235 g/mol. The van der Waals surface area contributed by atoms with Crippen LogP contribution in [0.4, 0.5) is 5.69 Å². The lowest BCUT2D eigenvalue weighted by atomic mass is 10.2. The maximum atomic E-state index is 11.8. The molecule has 0 bridgehead atoms. The van der Waals surface area contributed by atoms with Crippen molar-refractivity contribution < 1.29 is 9.53 Å². The topological polar surface area (TPSA) is 63.2 Å². The Labute approximate surface area is 101 Å². The molecule has 1 unspecified atom stereocenters. The molecule has 1 atom stereocenters. The summed E-state index contributed by atoms with van der Waals surface area (Å²) < 4.78 is 5.30. The van der Waals surface area contributed by atoms with Gasteiger partial charge in [-0.1, -0.05) is 0 Å². The number of morpholine rings is 1. The lowest BCUT2D eigenvalue weighted by molar-refractivity contribution is -0.117. The second-order valence-corrected chi connectivity index (χ2v) is 4.17. The van der Waals surface area contributed by atoms with Crippen molar-refractivity contribution in [2.45, 2.75) is 19.4 Å². The summed E-state index contributed by atoms with van der Waals surface area (Å²) in [4.78, 5) is 15.8. The van der Waals surface area contributed by atoms with Gasteiger partial charge in [0.05, 0.1) is 13.2 Å². The molecule has 1 amide bonds. The second-order valence-electron chi connectivity index (χ2n) is 4.17. The molecule has 2 rings (SSSR count). The number of nitrogens with one attached hydrogen (secondary N) is 2. The SMILES string of the molecule is Cc1cnccc1NC(=O)CC1COCCN1. The van der Waals surface area contributed by atoms with E-state index in [-0.39, 0.29) is 11.9 Å². The van der Waals surface area contributed by atoms with Gasteiger partial charge in [-0.3, -0.25) is 9.78 Å². The Morgan fingerprint density at radius 1 is 1.71 bits per heavy atom. The van der Waals surface area contributed by atoms with E-state index in [4.69, 9.17) is 4.74 Å². The van der Waals surface area contributed by atoms with Gasteiger partial charge in [-0.05, 0) is 18.6 Å². The van der Waals surface area contributed by atoms with Crippen molar-refractivity contribution in [3.8, 4) is 0 Å². The zero-order valence-corrected chi connectivity index (χ0v) is 9.90. The second kappa shape index (κ2) is 5.75. The van der Waals surface area contributed by atoms with Gasteiger partial charge in [0.15, 0.2) is 0 Å². The van der Waals surface area contributed by atoms with Gasteiger partial charge in [0.25, 0.3) is 0 Å². The average Bonchev–Trinajstić information content (AvgIpc) is 2.33. The fourth-order valence-electron chi connectivity index (χ4n) is 1.79.